The number of halogens is 4. The first-order valence-electron chi connectivity index (χ1n) is 13.2. The molecule has 0 fully saturated rings. The molecular weight excluding hydrogens is 617 g/mol. The summed E-state index contributed by atoms with van der Waals surface area (Å²) in [4.78, 5) is 26.1. The summed E-state index contributed by atoms with van der Waals surface area (Å²) in [5, 5.41) is 14.0. The van der Waals surface area contributed by atoms with E-state index in [1.54, 1.807) is 41.4 Å². The highest BCUT2D eigenvalue weighted by Crippen LogP contribution is 2.37. The maximum Gasteiger partial charge on any atom is 0.433 e. The third kappa shape index (κ3) is 6.42. The topological polar surface area (TPSA) is 96.1 Å². The molecule has 224 valence electrons. The zero-order chi connectivity index (χ0) is 30.8. The molecule has 0 saturated heterocycles. The SMILES string of the molecule is COc1ccc(-c2nc3c(C(=O)N(CCN(C)C(CO)c4ccc(Br)nc4)C(C)C)cnn3c(C(F)(F)F)c2C)cc1. The minimum Gasteiger partial charge on any atom is -0.497 e. The Morgan fingerprint density at radius 1 is 1.12 bits per heavy atom. The molecule has 4 rings (SSSR count). The molecule has 0 saturated carbocycles. The van der Waals surface area contributed by atoms with Crippen LogP contribution in [0.4, 0.5) is 13.2 Å². The summed E-state index contributed by atoms with van der Waals surface area (Å²) < 4.78 is 49.5. The number of aliphatic hydroxyl groups excluding tert-OH is 1. The van der Waals surface area contributed by atoms with Gasteiger partial charge in [0.1, 0.15) is 15.9 Å². The molecule has 1 unspecified atom stereocenters. The number of fused-ring (bicyclic) bond motifs is 1. The molecule has 0 aliphatic heterocycles. The normalized spacial score (nSPS) is 12.8. The van der Waals surface area contributed by atoms with Crippen LogP contribution in [0.1, 0.15) is 47.1 Å². The number of alkyl halides is 3. The number of carbonyl (C=O) groups excluding carboxylic acids is 1. The first kappa shape index (κ1) is 31.4. The molecule has 0 aliphatic rings. The summed E-state index contributed by atoms with van der Waals surface area (Å²) in [5.41, 5.74) is 0.0135. The molecule has 1 N–H and O–H groups in total. The average Bonchev–Trinajstić information content (AvgIpc) is 3.36. The van der Waals surface area contributed by atoms with Crippen LogP contribution in [-0.2, 0) is 6.18 Å². The number of benzene rings is 1. The summed E-state index contributed by atoms with van der Waals surface area (Å²) in [6.07, 6.45) is -1.95. The minimum atomic E-state index is -4.75. The lowest BCUT2D eigenvalue weighted by Gasteiger charge is -2.32. The minimum absolute atomic E-state index is 0.0394. The second kappa shape index (κ2) is 12.8. The molecule has 42 heavy (non-hydrogen) atoms. The van der Waals surface area contributed by atoms with Crippen molar-refractivity contribution in [1.29, 1.82) is 0 Å². The summed E-state index contributed by atoms with van der Waals surface area (Å²) in [5.74, 6) is 0.0514. The van der Waals surface area contributed by atoms with Crippen LogP contribution in [0.3, 0.4) is 0 Å². The van der Waals surface area contributed by atoms with Gasteiger partial charge in [-0.15, -0.1) is 0 Å². The summed E-state index contributed by atoms with van der Waals surface area (Å²) in [7, 11) is 3.32. The van der Waals surface area contributed by atoms with Gasteiger partial charge in [0.25, 0.3) is 5.91 Å². The van der Waals surface area contributed by atoms with Gasteiger partial charge >= 0.3 is 6.18 Å². The fraction of sp³-hybridized carbons (Fsp3) is 0.379. The smallest absolute Gasteiger partial charge is 0.433 e. The molecule has 1 amide bonds. The van der Waals surface area contributed by atoms with Crippen LogP contribution in [0.2, 0.25) is 0 Å². The highest BCUT2D eigenvalue weighted by molar-refractivity contribution is 9.10. The highest BCUT2D eigenvalue weighted by Gasteiger charge is 2.39. The van der Waals surface area contributed by atoms with Crippen molar-refractivity contribution >= 4 is 27.5 Å². The Labute approximate surface area is 250 Å². The van der Waals surface area contributed by atoms with E-state index in [-0.39, 0.29) is 47.7 Å². The molecule has 1 atom stereocenters. The predicted molar refractivity (Wildman–Crippen MR) is 155 cm³/mol. The van der Waals surface area contributed by atoms with Gasteiger partial charge in [0, 0.05) is 36.5 Å². The standard InChI is InChI=1S/C29H32BrF3N6O3/c1-17(2)38(13-12-37(4)23(16-40)20-8-11-24(30)34-14-20)28(41)22-15-35-39-26(29(31,32)33)18(3)25(36-27(22)39)19-6-9-21(42-5)10-7-19/h6-11,14-15,17,23,40H,12-13,16H2,1-5H3. The van der Waals surface area contributed by atoms with E-state index in [4.69, 9.17) is 4.74 Å². The number of ether oxygens (including phenoxy) is 1. The van der Waals surface area contributed by atoms with E-state index < -0.39 is 17.8 Å². The molecule has 0 spiro atoms. The fourth-order valence-corrected chi connectivity index (χ4v) is 5.08. The third-order valence-corrected chi connectivity index (χ3v) is 7.63. The Bertz CT molecular complexity index is 1540. The molecule has 0 radical (unpaired) electrons. The van der Waals surface area contributed by atoms with Crippen molar-refractivity contribution in [1.82, 2.24) is 29.4 Å². The maximum atomic E-state index is 14.3. The molecule has 4 aromatic rings. The van der Waals surface area contributed by atoms with Crippen LogP contribution in [0.25, 0.3) is 16.9 Å². The van der Waals surface area contributed by atoms with E-state index >= 15 is 0 Å². The molecular formula is C29H32BrF3N6O3. The van der Waals surface area contributed by atoms with Crippen LogP contribution in [0.5, 0.6) is 5.75 Å². The Hall–Kier alpha value is -3.55. The van der Waals surface area contributed by atoms with Gasteiger partial charge in [-0.3, -0.25) is 9.69 Å². The van der Waals surface area contributed by atoms with Crippen molar-refractivity contribution in [2.45, 2.75) is 39.0 Å². The monoisotopic (exact) mass is 648 g/mol. The molecule has 0 aliphatic carbocycles. The van der Waals surface area contributed by atoms with Crippen molar-refractivity contribution in [3.8, 4) is 17.0 Å². The second-order valence-corrected chi connectivity index (χ2v) is 11.0. The van der Waals surface area contributed by atoms with Crippen molar-refractivity contribution in [2.75, 3.05) is 33.9 Å². The van der Waals surface area contributed by atoms with Crippen LogP contribution < -0.4 is 4.74 Å². The van der Waals surface area contributed by atoms with E-state index in [1.807, 2.05) is 31.9 Å². The van der Waals surface area contributed by atoms with E-state index in [1.165, 1.54) is 14.0 Å². The number of carbonyl (C=O) groups is 1. The van der Waals surface area contributed by atoms with Crippen molar-refractivity contribution in [2.24, 2.45) is 0 Å². The van der Waals surface area contributed by atoms with Gasteiger partial charge in [-0.1, -0.05) is 6.07 Å². The average molecular weight is 650 g/mol. The quantitative estimate of drug-likeness (QED) is 0.230. The molecule has 1 aromatic carbocycles. The molecule has 0 bridgehead atoms. The van der Waals surface area contributed by atoms with E-state index in [9.17, 15) is 23.1 Å². The van der Waals surface area contributed by atoms with Gasteiger partial charge in [-0.2, -0.15) is 18.3 Å². The zero-order valence-corrected chi connectivity index (χ0v) is 25.4. The second-order valence-electron chi connectivity index (χ2n) is 10.1. The number of aromatic nitrogens is 4. The maximum absolute atomic E-state index is 14.3. The van der Waals surface area contributed by atoms with Crippen LogP contribution >= 0.6 is 15.9 Å². The lowest BCUT2D eigenvalue weighted by atomic mass is 10.0. The number of hydrogen-bond donors (Lipinski definition) is 1. The number of likely N-dealkylation sites (N-methyl/N-ethyl adjacent to an activating group) is 1. The van der Waals surface area contributed by atoms with Crippen molar-refractivity contribution in [3.63, 3.8) is 0 Å². The van der Waals surface area contributed by atoms with E-state index in [2.05, 4.69) is 31.0 Å². The molecule has 3 aromatic heterocycles. The van der Waals surface area contributed by atoms with Crippen LogP contribution in [0, 0.1) is 6.92 Å². The molecule has 13 heteroatoms. The largest absolute Gasteiger partial charge is 0.497 e. The first-order valence-corrected chi connectivity index (χ1v) is 14.0. The Balaban J connectivity index is 1.70. The molecule has 9 nitrogen and oxygen atoms in total. The number of rotatable bonds is 10. The van der Waals surface area contributed by atoms with Crippen LogP contribution in [0.15, 0.2) is 53.4 Å². The van der Waals surface area contributed by atoms with Gasteiger partial charge in [-0.25, -0.2) is 14.5 Å². The number of amides is 1. The van der Waals surface area contributed by atoms with Crippen molar-refractivity contribution < 1.29 is 27.8 Å². The van der Waals surface area contributed by atoms with E-state index in [0.717, 1.165) is 11.8 Å². The number of aliphatic hydroxyl groups is 1. The zero-order valence-electron chi connectivity index (χ0n) is 23.9. The fourth-order valence-electron chi connectivity index (χ4n) is 4.84. The van der Waals surface area contributed by atoms with Gasteiger partial charge < -0.3 is 14.7 Å². The Morgan fingerprint density at radius 3 is 2.36 bits per heavy atom. The number of methoxy groups -OCH3 is 1. The summed E-state index contributed by atoms with van der Waals surface area (Å²) in [6.45, 7) is 5.45. The van der Waals surface area contributed by atoms with Crippen LogP contribution in [-0.4, -0.2) is 80.3 Å². The predicted octanol–water partition coefficient (Wildman–Crippen LogP) is 5.41. The number of hydrogen-bond acceptors (Lipinski definition) is 7. The summed E-state index contributed by atoms with van der Waals surface area (Å²) >= 11 is 3.30. The van der Waals surface area contributed by atoms with Gasteiger partial charge in [0.15, 0.2) is 11.3 Å². The number of nitrogens with zero attached hydrogens (tertiary/aromatic N) is 6. The lowest BCUT2D eigenvalue weighted by molar-refractivity contribution is -0.143. The molecule has 3 heterocycles. The third-order valence-electron chi connectivity index (χ3n) is 7.16. The van der Waals surface area contributed by atoms with Crippen molar-refractivity contribution in [3.05, 3.63) is 75.8 Å². The Kier molecular flexibility index (Phi) is 9.53. The number of pyridine rings is 1. The highest BCUT2D eigenvalue weighted by atomic mass is 79.9. The lowest BCUT2D eigenvalue weighted by Crippen LogP contribution is -2.43. The van der Waals surface area contributed by atoms with Gasteiger partial charge in [0.2, 0.25) is 0 Å². The summed E-state index contributed by atoms with van der Waals surface area (Å²) in [6, 6.07) is 9.51. The first-order chi connectivity index (χ1) is 19.9. The van der Waals surface area contributed by atoms with Gasteiger partial charge in [-0.05, 0) is 79.6 Å². The van der Waals surface area contributed by atoms with E-state index in [0.29, 0.717) is 27.0 Å². The van der Waals surface area contributed by atoms with Gasteiger partial charge in [0.05, 0.1) is 31.6 Å². The Morgan fingerprint density at radius 2 is 1.81 bits per heavy atom.